The van der Waals surface area contributed by atoms with Crippen molar-refractivity contribution in [2.75, 3.05) is 13.1 Å². The quantitative estimate of drug-likeness (QED) is 0.460. The molecule has 134 valence electrons. The van der Waals surface area contributed by atoms with Gasteiger partial charge in [0.15, 0.2) is 0 Å². The first kappa shape index (κ1) is 16.6. The van der Waals surface area contributed by atoms with Crippen LogP contribution >= 0.6 is 0 Å². The molecule has 4 amide bonds. The summed E-state index contributed by atoms with van der Waals surface area (Å²) in [7, 11) is 0. The standard InChI is InChI=1S/C18H11N3O6/c22-15-10-4-1-2-5-11(10)16(23)19(15)8-9-20-17(24)12-6-3-7-13(21(26)27)14(12)18(20)25/h1-7H,8-9H2. The van der Waals surface area contributed by atoms with Crippen molar-refractivity contribution in [2.24, 2.45) is 0 Å². The largest absolute Gasteiger partial charge is 0.282 e. The van der Waals surface area contributed by atoms with Crippen molar-refractivity contribution in [3.63, 3.8) is 0 Å². The molecule has 2 aromatic rings. The van der Waals surface area contributed by atoms with E-state index in [-0.39, 0.29) is 35.3 Å². The lowest BCUT2D eigenvalue weighted by Gasteiger charge is -2.18. The van der Waals surface area contributed by atoms with Crippen molar-refractivity contribution < 1.29 is 24.1 Å². The molecule has 2 aliphatic heterocycles. The second-order valence-electron chi connectivity index (χ2n) is 6.03. The van der Waals surface area contributed by atoms with Gasteiger partial charge in [0.2, 0.25) is 0 Å². The van der Waals surface area contributed by atoms with Crippen LogP contribution in [0.2, 0.25) is 0 Å². The first-order chi connectivity index (χ1) is 12.9. The van der Waals surface area contributed by atoms with Crippen molar-refractivity contribution in [1.82, 2.24) is 9.80 Å². The van der Waals surface area contributed by atoms with Gasteiger partial charge in [-0.25, -0.2) is 0 Å². The number of nitro benzene ring substituents is 1. The number of hydrogen-bond donors (Lipinski definition) is 0. The van der Waals surface area contributed by atoms with Crippen LogP contribution in [-0.4, -0.2) is 51.4 Å². The molecule has 2 heterocycles. The van der Waals surface area contributed by atoms with Crippen molar-refractivity contribution in [3.05, 3.63) is 74.8 Å². The molecule has 0 aliphatic carbocycles. The number of nitro groups is 1. The molecule has 0 fully saturated rings. The molecule has 0 unspecified atom stereocenters. The molecule has 0 saturated heterocycles. The summed E-state index contributed by atoms with van der Waals surface area (Å²) in [6.07, 6.45) is 0. The first-order valence-corrected chi connectivity index (χ1v) is 8.00. The maximum Gasteiger partial charge on any atom is 0.282 e. The lowest BCUT2D eigenvalue weighted by atomic mass is 10.1. The maximum atomic E-state index is 12.5. The minimum atomic E-state index is -0.807. The third kappa shape index (κ3) is 2.32. The highest BCUT2D eigenvalue weighted by molar-refractivity contribution is 6.23. The van der Waals surface area contributed by atoms with Crippen LogP contribution in [0.4, 0.5) is 5.69 Å². The second-order valence-corrected chi connectivity index (χ2v) is 6.03. The predicted molar refractivity (Wildman–Crippen MR) is 90.3 cm³/mol. The van der Waals surface area contributed by atoms with E-state index in [2.05, 4.69) is 0 Å². The lowest BCUT2D eigenvalue weighted by molar-refractivity contribution is -0.385. The zero-order valence-corrected chi connectivity index (χ0v) is 13.7. The molecule has 0 spiro atoms. The highest BCUT2D eigenvalue weighted by Gasteiger charge is 2.42. The molecule has 9 heteroatoms. The molecular weight excluding hydrogens is 354 g/mol. The van der Waals surface area contributed by atoms with Crippen LogP contribution in [-0.2, 0) is 0 Å². The molecule has 2 aromatic carbocycles. The summed E-state index contributed by atoms with van der Waals surface area (Å²) >= 11 is 0. The summed E-state index contributed by atoms with van der Waals surface area (Å²) in [5.74, 6) is -2.49. The molecule has 2 aliphatic rings. The van der Waals surface area contributed by atoms with Gasteiger partial charge in [0.05, 0.1) is 21.6 Å². The summed E-state index contributed by atoms with van der Waals surface area (Å²) in [4.78, 5) is 61.9. The Bertz CT molecular complexity index is 1030. The van der Waals surface area contributed by atoms with Gasteiger partial charge in [0, 0.05) is 19.2 Å². The lowest BCUT2D eigenvalue weighted by Crippen LogP contribution is -2.40. The highest BCUT2D eigenvalue weighted by Crippen LogP contribution is 2.31. The van der Waals surface area contributed by atoms with Gasteiger partial charge in [0.25, 0.3) is 29.3 Å². The average molecular weight is 365 g/mol. The van der Waals surface area contributed by atoms with Crippen LogP contribution in [0.15, 0.2) is 42.5 Å². The van der Waals surface area contributed by atoms with Crippen LogP contribution in [0.25, 0.3) is 0 Å². The molecular formula is C18H11N3O6. The van der Waals surface area contributed by atoms with E-state index in [9.17, 15) is 29.3 Å². The molecule has 27 heavy (non-hydrogen) atoms. The zero-order chi connectivity index (χ0) is 19.3. The fraction of sp³-hybridized carbons (Fsp3) is 0.111. The third-order valence-electron chi connectivity index (χ3n) is 4.60. The van der Waals surface area contributed by atoms with E-state index in [4.69, 9.17) is 0 Å². The van der Waals surface area contributed by atoms with Crippen LogP contribution in [0.1, 0.15) is 41.4 Å². The fourth-order valence-electron chi connectivity index (χ4n) is 3.31. The molecule has 0 atom stereocenters. The Labute approximate surface area is 151 Å². The molecule has 0 radical (unpaired) electrons. The molecule has 0 aromatic heterocycles. The summed E-state index contributed by atoms with van der Waals surface area (Å²) in [5, 5.41) is 11.1. The highest BCUT2D eigenvalue weighted by atomic mass is 16.6. The third-order valence-corrected chi connectivity index (χ3v) is 4.60. The molecule has 0 saturated carbocycles. The zero-order valence-electron chi connectivity index (χ0n) is 13.7. The van der Waals surface area contributed by atoms with Crippen molar-refractivity contribution in [3.8, 4) is 0 Å². The SMILES string of the molecule is O=C1c2ccccc2C(=O)N1CCN1C(=O)c2cccc([N+](=O)[O-])c2C1=O. The minimum absolute atomic E-state index is 0.0587. The van der Waals surface area contributed by atoms with Crippen molar-refractivity contribution in [2.45, 2.75) is 0 Å². The van der Waals surface area contributed by atoms with Crippen molar-refractivity contribution >= 4 is 29.3 Å². The number of hydrogen-bond acceptors (Lipinski definition) is 6. The number of carbonyl (C=O) groups excluding carboxylic acids is 4. The normalized spacial score (nSPS) is 15.4. The Morgan fingerprint density at radius 1 is 0.704 bits per heavy atom. The number of amides is 4. The van der Waals surface area contributed by atoms with E-state index in [1.165, 1.54) is 24.3 Å². The average Bonchev–Trinajstić information content (AvgIpc) is 3.06. The molecule has 0 bridgehead atoms. The first-order valence-electron chi connectivity index (χ1n) is 8.00. The van der Waals surface area contributed by atoms with Gasteiger partial charge in [-0.2, -0.15) is 0 Å². The van der Waals surface area contributed by atoms with Crippen LogP contribution < -0.4 is 0 Å². The van der Waals surface area contributed by atoms with E-state index < -0.39 is 34.2 Å². The Morgan fingerprint density at radius 2 is 1.19 bits per heavy atom. The summed E-state index contributed by atoms with van der Waals surface area (Å²) in [6, 6.07) is 10.1. The van der Waals surface area contributed by atoms with E-state index in [0.717, 1.165) is 15.9 Å². The smallest absolute Gasteiger partial charge is 0.273 e. The topological polar surface area (TPSA) is 118 Å². The number of fused-ring (bicyclic) bond motifs is 2. The van der Waals surface area contributed by atoms with E-state index in [1.54, 1.807) is 12.1 Å². The number of benzene rings is 2. The minimum Gasteiger partial charge on any atom is -0.273 e. The van der Waals surface area contributed by atoms with Gasteiger partial charge in [-0.05, 0) is 18.2 Å². The van der Waals surface area contributed by atoms with Gasteiger partial charge in [0.1, 0.15) is 5.56 Å². The second kappa shape index (κ2) is 5.84. The Hall–Kier alpha value is -3.88. The monoisotopic (exact) mass is 365 g/mol. The molecule has 9 nitrogen and oxygen atoms in total. The van der Waals surface area contributed by atoms with Gasteiger partial charge in [-0.1, -0.05) is 18.2 Å². The van der Waals surface area contributed by atoms with Gasteiger partial charge >= 0.3 is 0 Å². The number of carbonyl (C=O) groups is 4. The van der Waals surface area contributed by atoms with Crippen LogP contribution in [0, 0.1) is 10.1 Å². The number of rotatable bonds is 4. The molecule has 0 N–H and O–H groups in total. The van der Waals surface area contributed by atoms with E-state index in [0.29, 0.717) is 0 Å². The van der Waals surface area contributed by atoms with Crippen LogP contribution in [0.3, 0.4) is 0 Å². The van der Waals surface area contributed by atoms with Crippen LogP contribution in [0.5, 0.6) is 0 Å². The Morgan fingerprint density at radius 3 is 1.74 bits per heavy atom. The van der Waals surface area contributed by atoms with Gasteiger partial charge in [-0.15, -0.1) is 0 Å². The number of nitrogens with zero attached hydrogens (tertiary/aromatic N) is 3. The summed E-state index contributed by atoms with van der Waals surface area (Å²) in [5.41, 5.74) is -0.249. The summed E-state index contributed by atoms with van der Waals surface area (Å²) < 4.78 is 0. The summed E-state index contributed by atoms with van der Waals surface area (Å²) in [6.45, 7) is -0.430. The Kier molecular flexibility index (Phi) is 3.58. The predicted octanol–water partition coefficient (Wildman–Crippen LogP) is 1.49. The maximum absolute atomic E-state index is 12.5. The van der Waals surface area contributed by atoms with E-state index >= 15 is 0 Å². The van der Waals surface area contributed by atoms with E-state index in [1.807, 2.05) is 0 Å². The number of imide groups is 2. The fourth-order valence-corrected chi connectivity index (χ4v) is 3.31. The van der Waals surface area contributed by atoms with Crippen molar-refractivity contribution in [1.29, 1.82) is 0 Å². The van der Waals surface area contributed by atoms with Gasteiger partial charge < -0.3 is 0 Å². The van der Waals surface area contributed by atoms with Gasteiger partial charge in [-0.3, -0.25) is 39.1 Å². The molecule has 4 rings (SSSR count). The Balaban J connectivity index is 1.57.